The summed E-state index contributed by atoms with van der Waals surface area (Å²) in [5.74, 6) is -1.54. The zero-order chi connectivity index (χ0) is 20.9. The van der Waals surface area contributed by atoms with Crippen molar-refractivity contribution in [3.63, 3.8) is 0 Å². The molecule has 1 aromatic rings. The number of hydrogen-bond acceptors (Lipinski definition) is 5. The van der Waals surface area contributed by atoms with Gasteiger partial charge in [0.15, 0.2) is 5.60 Å². The smallest absolute Gasteiger partial charge is 0.468 e. The molecule has 0 amide bonds. The van der Waals surface area contributed by atoms with Gasteiger partial charge in [0.05, 0.1) is 13.2 Å². The Labute approximate surface area is 162 Å². The fourth-order valence-corrected chi connectivity index (χ4v) is 3.31. The summed E-state index contributed by atoms with van der Waals surface area (Å²) in [5.41, 5.74) is -1.03. The summed E-state index contributed by atoms with van der Waals surface area (Å²) < 4.78 is 54.2. The highest BCUT2D eigenvalue weighted by Crippen LogP contribution is 2.32. The van der Waals surface area contributed by atoms with Crippen molar-refractivity contribution in [3.8, 4) is 0 Å². The molecule has 9 heteroatoms. The Morgan fingerprint density at radius 3 is 2.46 bits per heavy atom. The van der Waals surface area contributed by atoms with Crippen LogP contribution in [-0.4, -0.2) is 34.9 Å². The highest BCUT2D eigenvalue weighted by molar-refractivity contribution is 5.76. The summed E-state index contributed by atoms with van der Waals surface area (Å²) in [5, 5.41) is 9.11. The van der Waals surface area contributed by atoms with Crippen LogP contribution in [0, 0.1) is 11.8 Å². The normalized spacial score (nSPS) is 21.1. The second kappa shape index (κ2) is 9.26. The summed E-state index contributed by atoms with van der Waals surface area (Å²) in [6.07, 6.45) is -0.552. The Morgan fingerprint density at radius 2 is 1.89 bits per heavy atom. The number of aliphatic carboxylic acids is 1. The first-order chi connectivity index (χ1) is 13.0. The van der Waals surface area contributed by atoms with E-state index in [0.717, 1.165) is 25.7 Å². The largest absolute Gasteiger partial charge is 0.479 e. The van der Waals surface area contributed by atoms with Crippen LogP contribution in [-0.2, 0) is 33.5 Å². The number of ether oxygens (including phenoxy) is 2. The van der Waals surface area contributed by atoms with Gasteiger partial charge < -0.3 is 19.0 Å². The molecule has 0 aliphatic heterocycles. The molecule has 0 spiro atoms. The molecule has 28 heavy (non-hydrogen) atoms. The Hall–Kier alpha value is -1.61. The first kappa shape index (κ1) is 22.7. The zero-order valence-corrected chi connectivity index (χ0v) is 16.5. The van der Waals surface area contributed by atoms with Gasteiger partial charge in [0.2, 0.25) is 0 Å². The van der Waals surface area contributed by atoms with Crippen LogP contribution in [0.15, 0.2) is 4.42 Å². The Kier molecular flexibility index (Phi) is 7.50. The number of aryl methyl sites for hydroxylation is 1. The number of carboxylic acids is 1. The number of halogens is 3. The molecule has 1 saturated carbocycles. The number of hydrogen-bond donors (Lipinski definition) is 1. The molecule has 6 nitrogen and oxygen atoms in total. The number of rotatable bonds is 9. The molecular formula is C19H28F3NO5. The number of alkyl halides is 3. The standard InChI is InChI=1S/C19H28F3NO5/c1-4-15-14(23-16(28-15)19(20,21)22)11-26-9-12-6-5-7-13(8-12)10-27-18(2,3)17(24)25/h12-13H,4-11H2,1-3H3,(H,24,25). The second-order valence-corrected chi connectivity index (χ2v) is 7.78. The van der Waals surface area contributed by atoms with Crippen molar-refractivity contribution in [2.45, 2.75) is 71.3 Å². The van der Waals surface area contributed by atoms with Crippen molar-refractivity contribution in [3.05, 3.63) is 17.3 Å². The molecule has 160 valence electrons. The van der Waals surface area contributed by atoms with E-state index in [-0.39, 0.29) is 29.9 Å². The van der Waals surface area contributed by atoms with Crippen LogP contribution >= 0.6 is 0 Å². The van der Waals surface area contributed by atoms with Crippen molar-refractivity contribution in [2.24, 2.45) is 11.8 Å². The lowest BCUT2D eigenvalue weighted by atomic mass is 9.82. The lowest BCUT2D eigenvalue weighted by Gasteiger charge is -2.31. The first-order valence-corrected chi connectivity index (χ1v) is 9.53. The minimum atomic E-state index is -4.61. The van der Waals surface area contributed by atoms with E-state index in [2.05, 4.69) is 4.98 Å². The maximum absolute atomic E-state index is 12.7. The first-order valence-electron chi connectivity index (χ1n) is 9.53. The third kappa shape index (κ3) is 6.20. The Bertz CT molecular complexity index is 656. The van der Waals surface area contributed by atoms with Crippen LogP contribution in [0.1, 0.15) is 63.8 Å². The van der Waals surface area contributed by atoms with E-state index in [4.69, 9.17) is 19.0 Å². The highest BCUT2D eigenvalue weighted by atomic mass is 19.4. The molecule has 0 bridgehead atoms. The third-order valence-corrected chi connectivity index (χ3v) is 5.02. The van der Waals surface area contributed by atoms with Crippen LogP contribution in [0.2, 0.25) is 0 Å². The number of carboxylic acid groups (broad SMARTS) is 1. The molecule has 2 unspecified atom stereocenters. The summed E-state index contributed by atoms with van der Waals surface area (Å²) in [6, 6.07) is 0. The fraction of sp³-hybridized carbons (Fsp3) is 0.789. The predicted octanol–water partition coefficient (Wildman–Crippen LogP) is 4.46. The molecule has 1 N–H and O–H groups in total. The summed E-state index contributed by atoms with van der Waals surface area (Å²) in [6.45, 7) is 5.51. The van der Waals surface area contributed by atoms with E-state index in [9.17, 15) is 18.0 Å². The van der Waals surface area contributed by atoms with E-state index in [1.54, 1.807) is 6.92 Å². The number of carbonyl (C=O) groups is 1. The maximum Gasteiger partial charge on any atom is 0.468 e. The molecule has 0 saturated heterocycles. The minimum Gasteiger partial charge on any atom is -0.479 e. The molecule has 0 radical (unpaired) electrons. The topological polar surface area (TPSA) is 81.8 Å². The minimum absolute atomic E-state index is 0.0214. The van der Waals surface area contributed by atoms with Crippen molar-refractivity contribution in [1.29, 1.82) is 0 Å². The van der Waals surface area contributed by atoms with Crippen molar-refractivity contribution in [2.75, 3.05) is 13.2 Å². The van der Waals surface area contributed by atoms with E-state index in [1.807, 2.05) is 0 Å². The number of aromatic nitrogens is 1. The van der Waals surface area contributed by atoms with Gasteiger partial charge >= 0.3 is 18.0 Å². The van der Waals surface area contributed by atoms with E-state index < -0.39 is 23.6 Å². The second-order valence-electron chi connectivity index (χ2n) is 7.78. The summed E-state index contributed by atoms with van der Waals surface area (Å²) >= 11 is 0. The van der Waals surface area contributed by atoms with Gasteiger partial charge in [-0.1, -0.05) is 13.3 Å². The third-order valence-electron chi connectivity index (χ3n) is 5.02. The summed E-state index contributed by atoms with van der Waals surface area (Å²) in [7, 11) is 0. The predicted molar refractivity (Wildman–Crippen MR) is 93.7 cm³/mol. The molecule has 1 heterocycles. The molecule has 1 aromatic heterocycles. The van der Waals surface area contributed by atoms with Crippen LogP contribution in [0.3, 0.4) is 0 Å². The average molecular weight is 407 g/mol. The lowest BCUT2D eigenvalue weighted by molar-refractivity contribution is -0.163. The van der Waals surface area contributed by atoms with Gasteiger partial charge in [-0.05, 0) is 44.9 Å². The molecule has 2 rings (SSSR count). The van der Waals surface area contributed by atoms with E-state index >= 15 is 0 Å². The van der Waals surface area contributed by atoms with Gasteiger partial charge in [-0.3, -0.25) is 0 Å². The number of oxazole rings is 1. The molecule has 1 fully saturated rings. The summed E-state index contributed by atoms with van der Waals surface area (Å²) in [4.78, 5) is 14.7. The monoisotopic (exact) mass is 407 g/mol. The van der Waals surface area contributed by atoms with E-state index in [0.29, 0.717) is 19.6 Å². The van der Waals surface area contributed by atoms with Gasteiger partial charge in [-0.25, -0.2) is 9.78 Å². The Morgan fingerprint density at radius 1 is 1.25 bits per heavy atom. The van der Waals surface area contributed by atoms with Gasteiger partial charge in [-0.2, -0.15) is 13.2 Å². The van der Waals surface area contributed by atoms with E-state index in [1.165, 1.54) is 13.8 Å². The van der Waals surface area contributed by atoms with Crippen LogP contribution < -0.4 is 0 Å². The molecule has 1 aliphatic carbocycles. The van der Waals surface area contributed by atoms with Gasteiger partial charge in [0.25, 0.3) is 0 Å². The van der Waals surface area contributed by atoms with Crippen LogP contribution in [0.25, 0.3) is 0 Å². The number of nitrogens with zero attached hydrogens (tertiary/aromatic N) is 1. The van der Waals surface area contributed by atoms with Crippen molar-refractivity contribution < 1.29 is 37.0 Å². The fourth-order valence-electron chi connectivity index (χ4n) is 3.31. The zero-order valence-electron chi connectivity index (χ0n) is 16.5. The highest BCUT2D eigenvalue weighted by Gasteiger charge is 2.38. The Balaban J connectivity index is 1.82. The molecular weight excluding hydrogens is 379 g/mol. The SMILES string of the molecule is CCc1oc(C(F)(F)F)nc1COCC1CCCC(COC(C)(C)C(=O)O)C1. The van der Waals surface area contributed by atoms with Crippen molar-refractivity contribution >= 4 is 5.97 Å². The molecule has 2 atom stereocenters. The molecule has 0 aromatic carbocycles. The van der Waals surface area contributed by atoms with Crippen molar-refractivity contribution in [1.82, 2.24) is 4.98 Å². The van der Waals surface area contributed by atoms with Gasteiger partial charge in [-0.15, -0.1) is 0 Å². The molecule has 1 aliphatic rings. The lowest BCUT2D eigenvalue weighted by Crippen LogP contribution is -2.37. The quantitative estimate of drug-likeness (QED) is 0.651. The maximum atomic E-state index is 12.7. The van der Waals surface area contributed by atoms with Gasteiger partial charge in [0, 0.05) is 13.0 Å². The van der Waals surface area contributed by atoms with Crippen LogP contribution in [0.5, 0.6) is 0 Å². The average Bonchev–Trinajstić information content (AvgIpc) is 3.04. The van der Waals surface area contributed by atoms with Crippen LogP contribution in [0.4, 0.5) is 13.2 Å². The van der Waals surface area contributed by atoms with Gasteiger partial charge in [0.1, 0.15) is 11.5 Å².